The standard InChI is InChI=1S/C16H23FN2O/c1-13-3-2-10-19(12-13)16(20)8-9-18-11-14-4-6-15(17)7-5-14/h4-7,13,18H,2-3,8-12H2,1H3. The lowest BCUT2D eigenvalue weighted by atomic mass is 10.00. The van der Waals surface area contributed by atoms with Crippen LogP contribution in [-0.4, -0.2) is 30.4 Å². The van der Waals surface area contributed by atoms with Gasteiger partial charge in [0, 0.05) is 32.6 Å². The molecule has 110 valence electrons. The number of hydrogen-bond donors (Lipinski definition) is 1. The number of hydrogen-bond acceptors (Lipinski definition) is 2. The molecule has 0 bridgehead atoms. The number of benzene rings is 1. The van der Waals surface area contributed by atoms with Gasteiger partial charge in [-0.3, -0.25) is 4.79 Å². The van der Waals surface area contributed by atoms with Crippen LogP contribution in [0.25, 0.3) is 0 Å². The Morgan fingerprint density at radius 3 is 2.85 bits per heavy atom. The van der Waals surface area contributed by atoms with E-state index in [0.717, 1.165) is 25.1 Å². The first kappa shape index (κ1) is 15.0. The van der Waals surface area contributed by atoms with Crippen molar-refractivity contribution in [2.24, 2.45) is 5.92 Å². The summed E-state index contributed by atoms with van der Waals surface area (Å²) in [5, 5.41) is 3.23. The number of likely N-dealkylation sites (tertiary alicyclic amines) is 1. The van der Waals surface area contributed by atoms with E-state index in [1.807, 2.05) is 4.90 Å². The number of carbonyl (C=O) groups excluding carboxylic acids is 1. The number of halogens is 1. The molecule has 3 nitrogen and oxygen atoms in total. The van der Waals surface area contributed by atoms with Crippen molar-refractivity contribution < 1.29 is 9.18 Å². The van der Waals surface area contributed by atoms with Crippen molar-refractivity contribution in [2.45, 2.75) is 32.7 Å². The van der Waals surface area contributed by atoms with Crippen LogP contribution in [0, 0.1) is 11.7 Å². The molecule has 0 spiro atoms. The lowest BCUT2D eigenvalue weighted by Gasteiger charge is -2.31. The third-order valence-corrected chi connectivity index (χ3v) is 3.77. The minimum atomic E-state index is -0.219. The zero-order chi connectivity index (χ0) is 14.4. The molecule has 1 atom stereocenters. The second kappa shape index (κ2) is 7.39. The molecule has 1 heterocycles. The van der Waals surface area contributed by atoms with Crippen molar-refractivity contribution in [1.29, 1.82) is 0 Å². The second-order valence-electron chi connectivity index (χ2n) is 5.64. The van der Waals surface area contributed by atoms with Crippen LogP contribution in [0.2, 0.25) is 0 Å². The summed E-state index contributed by atoms with van der Waals surface area (Å²) in [6, 6.07) is 6.43. The van der Waals surface area contributed by atoms with Crippen LogP contribution in [-0.2, 0) is 11.3 Å². The van der Waals surface area contributed by atoms with Crippen molar-refractivity contribution in [2.75, 3.05) is 19.6 Å². The van der Waals surface area contributed by atoms with E-state index >= 15 is 0 Å². The van der Waals surface area contributed by atoms with E-state index in [2.05, 4.69) is 12.2 Å². The molecule has 1 amide bonds. The van der Waals surface area contributed by atoms with Gasteiger partial charge in [0.25, 0.3) is 0 Å². The molecule has 0 saturated carbocycles. The van der Waals surface area contributed by atoms with Crippen molar-refractivity contribution >= 4 is 5.91 Å². The molecular weight excluding hydrogens is 255 g/mol. The molecule has 4 heteroatoms. The normalized spacial score (nSPS) is 19.1. The monoisotopic (exact) mass is 278 g/mol. The first-order chi connectivity index (χ1) is 9.65. The van der Waals surface area contributed by atoms with E-state index in [-0.39, 0.29) is 11.7 Å². The fourth-order valence-electron chi connectivity index (χ4n) is 2.60. The van der Waals surface area contributed by atoms with Crippen LogP contribution in [0.3, 0.4) is 0 Å². The molecule has 1 N–H and O–H groups in total. The van der Waals surface area contributed by atoms with Gasteiger partial charge in [-0.2, -0.15) is 0 Å². The summed E-state index contributed by atoms with van der Waals surface area (Å²) in [5.41, 5.74) is 1.03. The average molecular weight is 278 g/mol. The SMILES string of the molecule is CC1CCCN(C(=O)CCNCc2ccc(F)cc2)C1. The van der Waals surface area contributed by atoms with Gasteiger partial charge in [0.2, 0.25) is 5.91 Å². The van der Waals surface area contributed by atoms with E-state index in [4.69, 9.17) is 0 Å². The van der Waals surface area contributed by atoms with Gasteiger partial charge in [-0.1, -0.05) is 19.1 Å². The molecule has 1 aliphatic rings. The number of carbonyl (C=O) groups is 1. The highest BCUT2D eigenvalue weighted by Crippen LogP contribution is 2.15. The highest BCUT2D eigenvalue weighted by Gasteiger charge is 2.20. The number of nitrogens with one attached hydrogen (secondary N) is 1. The van der Waals surface area contributed by atoms with Crippen LogP contribution in [0.5, 0.6) is 0 Å². The maximum absolute atomic E-state index is 12.7. The van der Waals surface area contributed by atoms with Crippen LogP contribution >= 0.6 is 0 Å². The number of nitrogens with zero attached hydrogens (tertiary/aromatic N) is 1. The maximum Gasteiger partial charge on any atom is 0.223 e. The second-order valence-corrected chi connectivity index (χ2v) is 5.64. The molecule has 2 rings (SSSR count). The lowest BCUT2D eigenvalue weighted by molar-refractivity contribution is -0.132. The Bertz CT molecular complexity index is 433. The van der Waals surface area contributed by atoms with Gasteiger partial charge in [0.05, 0.1) is 0 Å². The van der Waals surface area contributed by atoms with Gasteiger partial charge in [0.1, 0.15) is 5.82 Å². The van der Waals surface area contributed by atoms with Crippen LogP contribution in [0.1, 0.15) is 31.7 Å². The van der Waals surface area contributed by atoms with Gasteiger partial charge in [-0.05, 0) is 36.5 Å². The van der Waals surface area contributed by atoms with E-state index in [0.29, 0.717) is 25.4 Å². The minimum Gasteiger partial charge on any atom is -0.342 e. The Morgan fingerprint density at radius 2 is 2.15 bits per heavy atom. The van der Waals surface area contributed by atoms with Crippen molar-refractivity contribution in [3.05, 3.63) is 35.6 Å². The molecule has 1 aromatic rings. The zero-order valence-corrected chi connectivity index (χ0v) is 12.1. The van der Waals surface area contributed by atoms with Crippen LogP contribution in [0.15, 0.2) is 24.3 Å². The summed E-state index contributed by atoms with van der Waals surface area (Å²) >= 11 is 0. The molecular formula is C16H23FN2O. The lowest BCUT2D eigenvalue weighted by Crippen LogP contribution is -2.40. The van der Waals surface area contributed by atoms with E-state index in [1.54, 1.807) is 12.1 Å². The van der Waals surface area contributed by atoms with E-state index in [1.165, 1.54) is 18.6 Å². The number of amides is 1. The summed E-state index contributed by atoms with van der Waals surface area (Å²) in [6.45, 7) is 5.34. The third kappa shape index (κ3) is 4.60. The smallest absolute Gasteiger partial charge is 0.223 e. The minimum absolute atomic E-state index is 0.219. The van der Waals surface area contributed by atoms with Gasteiger partial charge in [-0.15, -0.1) is 0 Å². The molecule has 1 saturated heterocycles. The molecule has 1 unspecified atom stereocenters. The predicted molar refractivity (Wildman–Crippen MR) is 77.7 cm³/mol. The molecule has 20 heavy (non-hydrogen) atoms. The van der Waals surface area contributed by atoms with Crippen molar-refractivity contribution in [3.8, 4) is 0 Å². The van der Waals surface area contributed by atoms with Gasteiger partial charge < -0.3 is 10.2 Å². The van der Waals surface area contributed by atoms with E-state index in [9.17, 15) is 9.18 Å². The van der Waals surface area contributed by atoms with Gasteiger partial charge in [0.15, 0.2) is 0 Å². The molecule has 1 fully saturated rings. The molecule has 0 radical (unpaired) electrons. The number of piperidine rings is 1. The first-order valence-electron chi connectivity index (χ1n) is 7.38. The maximum atomic E-state index is 12.7. The zero-order valence-electron chi connectivity index (χ0n) is 12.1. The quantitative estimate of drug-likeness (QED) is 0.840. The summed E-state index contributed by atoms with van der Waals surface area (Å²) in [5.74, 6) is 0.645. The Labute approximate surface area is 120 Å². The summed E-state index contributed by atoms with van der Waals surface area (Å²) in [7, 11) is 0. The third-order valence-electron chi connectivity index (χ3n) is 3.77. The van der Waals surface area contributed by atoms with Crippen LogP contribution in [0.4, 0.5) is 4.39 Å². The van der Waals surface area contributed by atoms with Crippen molar-refractivity contribution in [1.82, 2.24) is 10.2 Å². The van der Waals surface area contributed by atoms with Crippen molar-refractivity contribution in [3.63, 3.8) is 0 Å². The molecule has 0 aliphatic carbocycles. The summed E-state index contributed by atoms with van der Waals surface area (Å²) in [6.07, 6.45) is 2.89. The Hall–Kier alpha value is -1.42. The fraction of sp³-hybridized carbons (Fsp3) is 0.562. The Morgan fingerprint density at radius 1 is 1.40 bits per heavy atom. The van der Waals surface area contributed by atoms with Crippen LogP contribution < -0.4 is 5.32 Å². The predicted octanol–water partition coefficient (Wildman–Crippen LogP) is 2.56. The summed E-state index contributed by atoms with van der Waals surface area (Å²) in [4.78, 5) is 14.0. The highest BCUT2D eigenvalue weighted by atomic mass is 19.1. The van der Waals surface area contributed by atoms with Gasteiger partial charge in [-0.25, -0.2) is 4.39 Å². The number of rotatable bonds is 5. The molecule has 1 aliphatic heterocycles. The summed E-state index contributed by atoms with van der Waals surface area (Å²) < 4.78 is 12.7. The average Bonchev–Trinajstić information content (AvgIpc) is 2.45. The van der Waals surface area contributed by atoms with Gasteiger partial charge >= 0.3 is 0 Å². The first-order valence-corrected chi connectivity index (χ1v) is 7.38. The molecule has 0 aromatic heterocycles. The van der Waals surface area contributed by atoms with E-state index < -0.39 is 0 Å². The Balaban J connectivity index is 1.65. The largest absolute Gasteiger partial charge is 0.342 e. The fourth-order valence-corrected chi connectivity index (χ4v) is 2.60. The highest BCUT2D eigenvalue weighted by molar-refractivity contribution is 5.76. The topological polar surface area (TPSA) is 32.3 Å². The molecule has 1 aromatic carbocycles. The Kier molecular flexibility index (Phi) is 5.53.